The van der Waals surface area contributed by atoms with Crippen molar-refractivity contribution in [1.82, 2.24) is 20.8 Å². The van der Waals surface area contributed by atoms with Crippen molar-refractivity contribution < 1.29 is 34.2 Å². The van der Waals surface area contributed by atoms with E-state index in [1.165, 1.54) is 0 Å². The lowest BCUT2D eigenvalue weighted by Gasteiger charge is -2.11. The Labute approximate surface area is 165 Å². The SMILES string of the molecule is CC(=O)O.NC(N)=NCCCC(N)c1noc(CNC(=O)NC(CO)C(=O)O)n1. The molecule has 1 aromatic rings. The number of aliphatic hydroxyl groups is 1. The normalized spacial score (nSPS) is 12.0. The standard InChI is InChI=1S/C12H22N8O5.C2H4O2/c13-6(2-1-3-16-11(14)15)9-19-8(25-20-9)4-17-12(24)18-7(5-21)10(22)23;1-2(3)4/h6-7,21H,1-5,13H2,(H,22,23)(H4,14,15,16)(H2,17,18,24);1H3,(H,3,4). The smallest absolute Gasteiger partial charge is 0.328 e. The van der Waals surface area contributed by atoms with Gasteiger partial charge >= 0.3 is 12.0 Å². The summed E-state index contributed by atoms with van der Waals surface area (Å²) in [5.41, 5.74) is 16.3. The van der Waals surface area contributed by atoms with Crippen LogP contribution < -0.4 is 27.8 Å². The van der Waals surface area contributed by atoms with Crippen molar-refractivity contribution in [2.75, 3.05) is 13.2 Å². The number of nitrogens with zero attached hydrogens (tertiary/aromatic N) is 3. The molecule has 0 spiro atoms. The second kappa shape index (κ2) is 13.7. The van der Waals surface area contributed by atoms with E-state index in [2.05, 4.69) is 25.8 Å². The zero-order chi connectivity index (χ0) is 22.4. The van der Waals surface area contributed by atoms with Crippen LogP contribution in [0.1, 0.15) is 37.5 Å². The second-order valence-electron chi connectivity index (χ2n) is 5.52. The molecule has 0 aliphatic heterocycles. The van der Waals surface area contributed by atoms with Crippen LogP contribution in [0.5, 0.6) is 0 Å². The van der Waals surface area contributed by atoms with Gasteiger partial charge in [0.15, 0.2) is 17.8 Å². The Morgan fingerprint density at radius 3 is 2.41 bits per heavy atom. The van der Waals surface area contributed by atoms with Crippen molar-refractivity contribution in [2.45, 2.75) is 38.4 Å². The average Bonchev–Trinajstić information content (AvgIpc) is 3.09. The Kier molecular flexibility index (Phi) is 12.0. The maximum absolute atomic E-state index is 11.5. The highest BCUT2D eigenvalue weighted by molar-refractivity contribution is 5.82. The number of urea groups is 1. The zero-order valence-electron chi connectivity index (χ0n) is 15.7. The number of carbonyl (C=O) groups excluding carboxylic acids is 1. The molecule has 15 nitrogen and oxygen atoms in total. The minimum atomic E-state index is -1.41. The van der Waals surface area contributed by atoms with Crippen LogP contribution >= 0.6 is 0 Å². The fourth-order valence-corrected chi connectivity index (χ4v) is 1.69. The highest BCUT2D eigenvalue weighted by Gasteiger charge is 2.19. The molecule has 164 valence electrons. The maximum atomic E-state index is 11.5. The minimum Gasteiger partial charge on any atom is -0.481 e. The van der Waals surface area contributed by atoms with Crippen LogP contribution in [0.15, 0.2) is 9.52 Å². The van der Waals surface area contributed by atoms with Gasteiger partial charge in [-0.3, -0.25) is 9.79 Å². The van der Waals surface area contributed by atoms with Crippen LogP contribution in [0.3, 0.4) is 0 Å². The van der Waals surface area contributed by atoms with E-state index >= 15 is 0 Å². The number of nitrogens with one attached hydrogen (secondary N) is 2. The number of aliphatic carboxylic acids is 2. The third-order valence-corrected chi connectivity index (χ3v) is 2.97. The maximum Gasteiger partial charge on any atom is 0.328 e. The molecule has 1 rings (SSSR count). The molecular formula is C14H26N8O7. The lowest BCUT2D eigenvalue weighted by Crippen LogP contribution is -2.47. The van der Waals surface area contributed by atoms with Crippen molar-refractivity contribution in [3.05, 3.63) is 11.7 Å². The molecule has 1 heterocycles. The van der Waals surface area contributed by atoms with Gasteiger partial charge in [0, 0.05) is 13.5 Å². The van der Waals surface area contributed by atoms with Crippen LogP contribution in [0.2, 0.25) is 0 Å². The Bertz CT molecular complexity index is 685. The van der Waals surface area contributed by atoms with Crippen LogP contribution in [-0.2, 0) is 16.1 Å². The summed E-state index contributed by atoms with van der Waals surface area (Å²) in [4.78, 5) is 39.1. The molecule has 0 aromatic carbocycles. The lowest BCUT2D eigenvalue weighted by molar-refractivity contribution is -0.140. The van der Waals surface area contributed by atoms with Crippen molar-refractivity contribution >= 4 is 23.9 Å². The highest BCUT2D eigenvalue weighted by atomic mass is 16.5. The van der Waals surface area contributed by atoms with Crippen LogP contribution in [0, 0.1) is 0 Å². The molecule has 15 heteroatoms. The highest BCUT2D eigenvalue weighted by Crippen LogP contribution is 2.12. The van der Waals surface area contributed by atoms with Crippen LogP contribution in [0.4, 0.5) is 4.79 Å². The first-order valence-electron chi connectivity index (χ1n) is 8.27. The molecule has 0 fully saturated rings. The molecule has 2 atom stereocenters. The van der Waals surface area contributed by atoms with E-state index in [-0.39, 0.29) is 24.2 Å². The van der Waals surface area contributed by atoms with Gasteiger partial charge in [0.2, 0.25) is 5.89 Å². The first-order valence-corrected chi connectivity index (χ1v) is 8.27. The number of nitrogens with two attached hydrogens (primary N) is 3. The van der Waals surface area contributed by atoms with E-state index in [4.69, 9.17) is 41.8 Å². The number of rotatable bonds is 10. The molecule has 1 aromatic heterocycles. The van der Waals surface area contributed by atoms with Crippen LogP contribution in [0.25, 0.3) is 0 Å². The third kappa shape index (κ3) is 12.5. The Balaban J connectivity index is 0.00000178. The number of carboxylic acids is 2. The lowest BCUT2D eigenvalue weighted by atomic mass is 10.1. The number of aliphatic hydroxyl groups excluding tert-OH is 1. The molecule has 0 radical (unpaired) electrons. The molecule has 0 bridgehead atoms. The van der Waals surface area contributed by atoms with Crippen molar-refractivity contribution in [1.29, 1.82) is 0 Å². The summed E-state index contributed by atoms with van der Waals surface area (Å²) in [7, 11) is 0. The van der Waals surface area contributed by atoms with E-state index in [0.29, 0.717) is 19.4 Å². The number of hydrogen-bond acceptors (Lipinski definition) is 9. The van der Waals surface area contributed by atoms with E-state index in [1.54, 1.807) is 0 Å². The van der Waals surface area contributed by atoms with Crippen molar-refractivity contribution in [3.8, 4) is 0 Å². The number of amides is 2. The first kappa shape index (κ1) is 25.5. The van der Waals surface area contributed by atoms with Crippen molar-refractivity contribution in [3.63, 3.8) is 0 Å². The number of carboxylic acid groups (broad SMARTS) is 2. The fraction of sp³-hybridized carbons (Fsp3) is 0.571. The molecule has 11 N–H and O–H groups in total. The van der Waals surface area contributed by atoms with Gasteiger partial charge in [-0.1, -0.05) is 5.16 Å². The Morgan fingerprint density at radius 1 is 1.28 bits per heavy atom. The minimum absolute atomic E-state index is 0.00565. The van der Waals surface area contributed by atoms with Gasteiger partial charge in [-0.25, -0.2) is 9.59 Å². The van der Waals surface area contributed by atoms with Gasteiger partial charge in [0.25, 0.3) is 5.97 Å². The molecule has 2 unspecified atom stereocenters. The third-order valence-electron chi connectivity index (χ3n) is 2.97. The van der Waals surface area contributed by atoms with Gasteiger partial charge < -0.3 is 47.7 Å². The number of guanidine groups is 1. The van der Waals surface area contributed by atoms with E-state index in [1.807, 2.05) is 0 Å². The largest absolute Gasteiger partial charge is 0.481 e. The first-order chi connectivity index (χ1) is 13.6. The molecular weight excluding hydrogens is 392 g/mol. The Morgan fingerprint density at radius 2 is 1.90 bits per heavy atom. The fourth-order valence-electron chi connectivity index (χ4n) is 1.69. The summed E-state index contributed by atoms with van der Waals surface area (Å²) in [6.07, 6.45) is 1.15. The summed E-state index contributed by atoms with van der Waals surface area (Å²) in [6, 6.07) is -2.69. The summed E-state index contributed by atoms with van der Waals surface area (Å²) in [5, 5.41) is 33.0. The quantitative estimate of drug-likeness (QED) is 0.111. The predicted octanol–water partition coefficient (Wildman–Crippen LogP) is -2.54. The summed E-state index contributed by atoms with van der Waals surface area (Å²) >= 11 is 0. The number of carbonyl (C=O) groups is 3. The second-order valence-corrected chi connectivity index (χ2v) is 5.52. The van der Waals surface area contributed by atoms with Crippen molar-refractivity contribution in [2.24, 2.45) is 22.2 Å². The summed E-state index contributed by atoms with van der Waals surface area (Å²) in [5.74, 6) is -1.82. The number of aliphatic imine (C=N–C) groups is 1. The van der Waals surface area contributed by atoms with Gasteiger partial charge in [0.1, 0.15) is 0 Å². The zero-order valence-corrected chi connectivity index (χ0v) is 15.7. The molecule has 0 saturated carbocycles. The van der Waals surface area contributed by atoms with Gasteiger partial charge in [-0.05, 0) is 12.8 Å². The van der Waals surface area contributed by atoms with Gasteiger partial charge in [-0.2, -0.15) is 4.98 Å². The summed E-state index contributed by atoms with van der Waals surface area (Å²) < 4.78 is 4.94. The van der Waals surface area contributed by atoms with E-state index < -0.39 is 36.7 Å². The predicted molar refractivity (Wildman–Crippen MR) is 98.3 cm³/mol. The monoisotopic (exact) mass is 418 g/mol. The number of hydrogen-bond donors (Lipinski definition) is 8. The summed E-state index contributed by atoms with van der Waals surface area (Å²) in [6.45, 7) is 0.650. The molecule has 0 aliphatic carbocycles. The molecule has 2 amide bonds. The topological polar surface area (TPSA) is 265 Å². The van der Waals surface area contributed by atoms with E-state index in [9.17, 15) is 9.59 Å². The molecule has 29 heavy (non-hydrogen) atoms. The van der Waals surface area contributed by atoms with Crippen LogP contribution in [-0.4, -0.2) is 68.6 Å². The molecule has 0 aliphatic rings. The molecule has 0 saturated heterocycles. The Hall–Kier alpha value is -3.46. The average molecular weight is 418 g/mol. The van der Waals surface area contributed by atoms with Gasteiger partial charge in [0.05, 0.1) is 19.2 Å². The van der Waals surface area contributed by atoms with Gasteiger partial charge in [-0.15, -0.1) is 0 Å². The number of aromatic nitrogens is 2. The van der Waals surface area contributed by atoms with E-state index in [0.717, 1.165) is 6.92 Å².